The standard InChI is InChI=1S/C16H14N6O/c17-13-11-8-12(23)22(9-10-4-2-1-3-5-10)16(11)21-15(20-13)14-18-6-7-19-14/h1-7H,8-9H2,(H,18,19)(H2,17,20,21). The molecule has 2 aromatic heterocycles. The van der Waals surface area contributed by atoms with Crippen LogP contribution in [0.1, 0.15) is 11.1 Å². The summed E-state index contributed by atoms with van der Waals surface area (Å²) in [4.78, 5) is 29.9. The minimum absolute atomic E-state index is 0.0264. The van der Waals surface area contributed by atoms with E-state index in [0.717, 1.165) is 5.56 Å². The quantitative estimate of drug-likeness (QED) is 0.764. The second-order valence-electron chi connectivity index (χ2n) is 5.31. The van der Waals surface area contributed by atoms with E-state index < -0.39 is 0 Å². The number of nitrogen functional groups attached to an aromatic ring is 1. The number of nitrogens with one attached hydrogen (secondary N) is 1. The molecular weight excluding hydrogens is 292 g/mol. The molecule has 0 radical (unpaired) electrons. The van der Waals surface area contributed by atoms with E-state index in [2.05, 4.69) is 19.9 Å². The Kier molecular flexibility index (Phi) is 3.04. The molecule has 0 unspecified atom stereocenters. The van der Waals surface area contributed by atoms with Crippen LogP contribution in [0, 0.1) is 0 Å². The minimum Gasteiger partial charge on any atom is -0.383 e. The molecule has 0 atom stereocenters. The molecular formula is C16H14N6O. The number of carbonyl (C=O) groups excluding carboxylic acids is 1. The van der Waals surface area contributed by atoms with Crippen LogP contribution in [0.4, 0.5) is 11.6 Å². The number of aromatic amines is 1. The summed E-state index contributed by atoms with van der Waals surface area (Å²) in [6.45, 7) is 0.459. The summed E-state index contributed by atoms with van der Waals surface area (Å²) in [6.07, 6.45) is 3.54. The van der Waals surface area contributed by atoms with Gasteiger partial charge in [-0.05, 0) is 5.56 Å². The van der Waals surface area contributed by atoms with Gasteiger partial charge in [-0.1, -0.05) is 30.3 Å². The monoisotopic (exact) mass is 306 g/mol. The van der Waals surface area contributed by atoms with Crippen molar-refractivity contribution in [2.75, 3.05) is 10.6 Å². The summed E-state index contributed by atoms with van der Waals surface area (Å²) in [5.74, 6) is 1.78. The number of benzene rings is 1. The van der Waals surface area contributed by atoms with Crippen molar-refractivity contribution in [3.63, 3.8) is 0 Å². The highest BCUT2D eigenvalue weighted by molar-refractivity contribution is 6.01. The summed E-state index contributed by atoms with van der Waals surface area (Å²) in [6, 6.07) is 9.78. The first-order chi connectivity index (χ1) is 11.2. The number of fused-ring (bicyclic) bond motifs is 1. The van der Waals surface area contributed by atoms with Crippen molar-refractivity contribution in [3.8, 4) is 11.6 Å². The van der Waals surface area contributed by atoms with Gasteiger partial charge in [0.2, 0.25) is 5.91 Å². The minimum atomic E-state index is -0.0264. The van der Waals surface area contributed by atoms with Crippen LogP contribution < -0.4 is 10.6 Å². The Hall–Kier alpha value is -3.22. The third-order valence-electron chi connectivity index (χ3n) is 3.80. The Bertz CT molecular complexity index is 860. The molecule has 23 heavy (non-hydrogen) atoms. The zero-order chi connectivity index (χ0) is 15.8. The van der Waals surface area contributed by atoms with E-state index in [-0.39, 0.29) is 12.3 Å². The molecule has 1 aromatic carbocycles. The van der Waals surface area contributed by atoms with Gasteiger partial charge in [0.25, 0.3) is 0 Å². The molecule has 0 saturated heterocycles. The highest BCUT2D eigenvalue weighted by Crippen LogP contribution is 2.33. The van der Waals surface area contributed by atoms with Gasteiger partial charge < -0.3 is 10.7 Å². The van der Waals surface area contributed by atoms with Crippen molar-refractivity contribution < 1.29 is 4.79 Å². The van der Waals surface area contributed by atoms with Crippen LogP contribution in [-0.4, -0.2) is 25.8 Å². The van der Waals surface area contributed by atoms with E-state index in [1.54, 1.807) is 17.3 Å². The maximum atomic E-state index is 12.4. The number of carbonyl (C=O) groups is 1. The van der Waals surface area contributed by atoms with Gasteiger partial charge in [-0.3, -0.25) is 9.69 Å². The SMILES string of the molecule is Nc1nc(-c2ncc[nH]2)nc2c1CC(=O)N2Cc1ccccc1. The second kappa shape index (κ2) is 5.20. The number of anilines is 2. The molecule has 0 spiro atoms. The molecule has 7 heteroatoms. The summed E-state index contributed by atoms with van der Waals surface area (Å²) in [7, 11) is 0. The topological polar surface area (TPSA) is 101 Å². The first-order valence-electron chi connectivity index (χ1n) is 7.23. The predicted molar refractivity (Wildman–Crippen MR) is 85.4 cm³/mol. The van der Waals surface area contributed by atoms with Crippen LogP contribution >= 0.6 is 0 Å². The van der Waals surface area contributed by atoms with Crippen molar-refractivity contribution in [1.82, 2.24) is 19.9 Å². The molecule has 1 aliphatic heterocycles. The van der Waals surface area contributed by atoms with Gasteiger partial charge in [0.15, 0.2) is 11.6 Å². The summed E-state index contributed by atoms with van der Waals surface area (Å²) in [5, 5.41) is 0. The van der Waals surface area contributed by atoms with Gasteiger partial charge in [-0.15, -0.1) is 0 Å². The van der Waals surface area contributed by atoms with Gasteiger partial charge in [-0.2, -0.15) is 0 Å². The average Bonchev–Trinajstić information content (AvgIpc) is 3.19. The van der Waals surface area contributed by atoms with Gasteiger partial charge >= 0.3 is 0 Å². The first-order valence-corrected chi connectivity index (χ1v) is 7.23. The zero-order valence-electron chi connectivity index (χ0n) is 12.2. The van der Waals surface area contributed by atoms with Crippen molar-refractivity contribution in [2.45, 2.75) is 13.0 Å². The van der Waals surface area contributed by atoms with Crippen molar-refractivity contribution >= 4 is 17.5 Å². The molecule has 1 aliphatic rings. The fourth-order valence-corrected chi connectivity index (χ4v) is 2.67. The van der Waals surface area contributed by atoms with E-state index >= 15 is 0 Å². The van der Waals surface area contributed by atoms with Crippen LogP contribution in [-0.2, 0) is 17.8 Å². The number of nitrogens with zero attached hydrogens (tertiary/aromatic N) is 4. The molecule has 0 fully saturated rings. The van der Waals surface area contributed by atoms with Crippen LogP contribution in [0.25, 0.3) is 11.6 Å². The molecule has 3 aromatic rings. The third-order valence-corrected chi connectivity index (χ3v) is 3.80. The number of hydrogen-bond donors (Lipinski definition) is 2. The molecule has 1 amide bonds. The molecule has 3 heterocycles. The normalized spacial score (nSPS) is 13.4. The molecule has 7 nitrogen and oxygen atoms in total. The van der Waals surface area contributed by atoms with Crippen molar-refractivity contribution in [2.24, 2.45) is 0 Å². The van der Waals surface area contributed by atoms with Crippen molar-refractivity contribution in [1.29, 1.82) is 0 Å². The van der Waals surface area contributed by atoms with Gasteiger partial charge in [-0.25, -0.2) is 15.0 Å². The maximum absolute atomic E-state index is 12.4. The van der Waals surface area contributed by atoms with Crippen LogP contribution in [0.5, 0.6) is 0 Å². The first kappa shape index (κ1) is 13.4. The lowest BCUT2D eigenvalue weighted by Crippen LogP contribution is -2.26. The molecule has 0 aliphatic carbocycles. The number of amides is 1. The van der Waals surface area contributed by atoms with E-state index in [9.17, 15) is 4.79 Å². The Morgan fingerprint density at radius 2 is 2.04 bits per heavy atom. The summed E-state index contributed by atoms with van der Waals surface area (Å²) >= 11 is 0. The maximum Gasteiger partial charge on any atom is 0.233 e. The smallest absolute Gasteiger partial charge is 0.233 e. The number of hydrogen-bond acceptors (Lipinski definition) is 5. The predicted octanol–water partition coefficient (Wildman–Crippen LogP) is 1.54. The lowest BCUT2D eigenvalue weighted by atomic mass is 10.2. The van der Waals surface area contributed by atoms with Gasteiger partial charge in [0.05, 0.1) is 13.0 Å². The molecule has 3 N–H and O–H groups in total. The third kappa shape index (κ3) is 2.32. The Labute approximate surface area is 132 Å². The average molecular weight is 306 g/mol. The molecule has 4 rings (SSSR count). The lowest BCUT2D eigenvalue weighted by Gasteiger charge is -2.17. The van der Waals surface area contributed by atoms with Crippen LogP contribution in [0.15, 0.2) is 42.7 Å². The fourth-order valence-electron chi connectivity index (χ4n) is 2.67. The van der Waals surface area contributed by atoms with Crippen molar-refractivity contribution in [3.05, 3.63) is 53.9 Å². The molecule has 114 valence electrons. The summed E-state index contributed by atoms with van der Waals surface area (Å²) < 4.78 is 0. The highest BCUT2D eigenvalue weighted by atomic mass is 16.2. The number of imidazole rings is 1. The Balaban J connectivity index is 1.76. The largest absolute Gasteiger partial charge is 0.383 e. The van der Waals surface area contributed by atoms with Crippen LogP contribution in [0.2, 0.25) is 0 Å². The van der Waals surface area contributed by atoms with Crippen LogP contribution in [0.3, 0.4) is 0 Å². The number of H-pyrrole nitrogens is 1. The Morgan fingerprint density at radius 3 is 2.78 bits per heavy atom. The lowest BCUT2D eigenvalue weighted by molar-refractivity contribution is -0.117. The fraction of sp³-hybridized carbons (Fsp3) is 0.125. The van der Waals surface area contributed by atoms with Gasteiger partial charge in [0, 0.05) is 18.0 Å². The number of nitrogens with two attached hydrogens (primary N) is 1. The van der Waals surface area contributed by atoms with Gasteiger partial charge in [0.1, 0.15) is 11.6 Å². The van der Waals surface area contributed by atoms with E-state index in [1.165, 1.54) is 0 Å². The second-order valence-corrected chi connectivity index (χ2v) is 5.31. The summed E-state index contributed by atoms with van der Waals surface area (Å²) in [5.41, 5.74) is 7.74. The molecule has 0 bridgehead atoms. The number of aromatic nitrogens is 4. The zero-order valence-corrected chi connectivity index (χ0v) is 12.2. The van der Waals surface area contributed by atoms with E-state index in [4.69, 9.17) is 5.73 Å². The van der Waals surface area contributed by atoms with E-state index in [1.807, 2.05) is 30.3 Å². The highest BCUT2D eigenvalue weighted by Gasteiger charge is 2.32. The molecule has 0 saturated carbocycles. The number of rotatable bonds is 3. The van der Waals surface area contributed by atoms with E-state index in [0.29, 0.717) is 35.4 Å². The Morgan fingerprint density at radius 1 is 1.22 bits per heavy atom.